The van der Waals surface area contributed by atoms with Gasteiger partial charge in [0.05, 0.1) is 0 Å². The van der Waals surface area contributed by atoms with E-state index in [1.807, 2.05) is 0 Å². The Labute approximate surface area is 160 Å². The molecule has 136 valence electrons. The molecule has 7 heteroatoms. The van der Waals surface area contributed by atoms with E-state index in [9.17, 15) is 9.59 Å². The summed E-state index contributed by atoms with van der Waals surface area (Å²) in [6.45, 7) is 1.94. The maximum absolute atomic E-state index is 11.8. The average Bonchev–Trinajstić information content (AvgIpc) is 2.61. The maximum atomic E-state index is 11.8. The van der Waals surface area contributed by atoms with Gasteiger partial charge in [0.1, 0.15) is 12.4 Å². The highest BCUT2D eigenvalue weighted by molar-refractivity contribution is 6.35. The second kappa shape index (κ2) is 7.98. The SMILES string of the molecule is CCC1C(=O)OC(c2ccc(OCc3c(Cl)cccc3Cl)cc2)OC1=O. The molecule has 2 aromatic carbocycles. The van der Waals surface area contributed by atoms with Gasteiger partial charge in [0.25, 0.3) is 6.29 Å². The van der Waals surface area contributed by atoms with Gasteiger partial charge < -0.3 is 14.2 Å². The Morgan fingerprint density at radius 2 is 1.54 bits per heavy atom. The lowest BCUT2D eigenvalue weighted by Crippen LogP contribution is -2.36. The van der Waals surface area contributed by atoms with E-state index in [1.165, 1.54) is 0 Å². The third-order valence-electron chi connectivity index (χ3n) is 4.02. The predicted octanol–water partition coefficient (Wildman–Crippen LogP) is 4.70. The zero-order chi connectivity index (χ0) is 18.7. The first-order chi connectivity index (χ1) is 12.5. The van der Waals surface area contributed by atoms with Gasteiger partial charge in [-0.05, 0) is 42.8 Å². The van der Waals surface area contributed by atoms with Crippen LogP contribution < -0.4 is 4.74 Å². The lowest BCUT2D eigenvalue weighted by Gasteiger charge is -2.27. The van der Waals surface area contributed by atoms with Gasteiger partial charge in [-0.1, -0.05) is 36.2 Å². The molecule has 0 spiro atoms. The third kappa shape index (κ3) is 3.94. The molecule has 1 heterocycles. The molecule has 1 aliphatic rings. The third-order valence-corrected chi connectivity index (χ3v) is 4.73. The predicted molar refractivity (Wildman–Crippen MR) is 95.9 cm³/mol. The summed E-state index contributed by atoms with van der Waals surface area (Å²) in [5.74, 6) is -1.41. The summed E-state index contributed by atoms with van der Waals surface area (Å²) in [5, 5.41) is 1.06. The number of ether oxygens (including phenoxy) is 3. The summed E-state index contributed by atoms with van der Waals surface area (Å²) in [4.78, 5) is 23.7. The van der Waals surface area contributed by atoms with Crippen LogP contribution in [0.1, 0.15) is 30.8 Å². The van der Waals surface area contributed by atoms with Gasteiger partial charge in [-0.2, -0.15) is 0 Å². The summed E-state index contributed by atoms with van der Waals surface area (Å²) >= 11 is 12.2. The van der Waals surface area contributed by atoms with Crippen molar-refractivity contribution in [3.8, 4) is 5.75 Å². The minimum absolute atomic E-state index is 0.212. The number of rotatable bonds is 5. The molecule has 26 heavy (non-hydrogen) atoms. The quantitative estimate of drug-likeness (QED) is 0.543. The van der Waals surface area contributed by atoms with Gasteiger partial charge in [-0.3, -0.25) is 9.59 Å². The molecular weight excluding hydrogens is 379 g/mol. The van der Waals surface area contributed by atoms with Crippen molar-refractivity contribution < 1.29 is 23.8 Å². The van der Waals surface area contributed by atoms with Crippen molar-refractivity contribution in [3.05, 3.63) is 63.6 Å². The van der Waals surface area contributed by atoms with Gasteiger partial charge in [-0.25, -0.2) is 0 Å². The number of hydrogen-bond acceptors (Lipinski definition) is 5. The molecule has 3 rings (SSSR count). The van der Waals surface area contributed by atoms with Crippen molar-refractivity contribution >= 4 is 35.1 Å². The van der Waals surface area contributed by atoms with Crippen LogP contribution in [0.15, 0.2) is 42.5 Å². The average molecular weight is 395 g/mol. The van der Waals surface area contributed by atoms with Crippen molar-refractivity contribution in [3.63, 3.8) is 0 Å². The van der Waals surface area contributed by atoms with E-state index in [0.717, 1.165) is 0 Å². The Bertz CT molecular complexity index is 781. The molecule has 0 aliphatic carbocycles. The first-order valence-corrected chi connectivity index (χ1v) is 8.81. The van der Waals surface area contributed by atoms with Crippen LogP contribution in [0.5, 0.6) is 5.75 Å². The van der Waals surface area contributed by atoms with Crippen molar-refractivity contribution in [2.24, 2.45) is 5.92 Å². The first-order valence-electron chi connectivity index (χ1n) is 8.06. The van der Waals surface area contributed by atoms with Crippen LogP contribution in [-0.2, 0) is 25.7 Å². The van der Waals surface area contributed by atoms with Gasteiger partial charge in [0.15, 0.2) is 5.92 Å². The molecule has 2 aromatic rings. The minimum atomic E-state index is -1.04. The largest absolute Gasteiger partial charge is 0.489 e. The van der Waals surface area contributed by atoms with Gasteiger partial charge in [0, 0.05) is 21.2 Å². The van der Waals surface area contributed by atoms with E-state index in [-0.39, 0.29) is 6.61 Å². The number of esters is 2. The highest BCUT2D eigenvalue weighted by Crippen LogP contribution is 2.30. The molecule has 1 saturated heterocycles. The molecule has 1 fully saturated rings. The van der Waals surface area contributed by atoms with Crippen molar-refractivity contribution in [1.82, 2.24) is 0 Å². The Kier molecular flexibility index (Phi) is 5.69. The Morgan fingerprint density at radius 3 is 2.08 bits per heavy atom. The van der Waals surface area contributed by atoms with Crippen LogP contribution >= 0.6 is 23.2 Å². The number of carbonyl (C=O) groups excluding carboxylic acids is 2. The zero-order valence-corrected chi connectivity index (χ0v) is 15.4. The van der Waals surface area contributed by atoms with Gasteiger partial charge in [0.2, 0.25) is 0 Å². The molecule has 0 N–H and O–H groups in total. The van der Waals surface area contributed by atoms with Crippen molar-refractivity contribution in [2.75, 3.05) is 0 Å². The molecule has 0 saturated carbocycles. The standard InChI is InChI=1S/C19H16Cl2O5/c1-2-13-17(22)25-19(26-18(13)23)11-6-8-12(9-7-11)24-10-14-15(20)4-3-5-16(14)21/h3-9,13,19H,2,10H2,1H3. The van der Waals surface area contributed by atoms with Crippen LogP contribution in [0.25, 0.3) is 0 Å². The van der Waals surface area contributed by atoms with Gasteiger partial charge >= 0.3 is 11.9 Å². The Hall–Kier alpha value is -2.24. The molecule has 5 nitrogen and oxygen atoms in total. The van der Waals surface area contributed by atoms with Crippen molar-refractivity contribution in [2.45, 2.75) is 26.2 Å². The molecule has 0 aromatic heterocycles. The maximum Gasteiger partial charge on any atom is 0.323 e. The number of halogens is 2. The molecular formula is C19H16Cl2O5. The molecule has 0 amide bonds. The van der Waals surface area contributed by atoms with E-state index in [2.05, 4.69) is 0 Å². The van der Waals surface area contributed by atoms with Crippen molar-refractivity contribution in [1.29, 1.82) is 0 Å². The Balaban J connectivity index is 1.66. The first kappa shape index (κ1) is 18.5. The monoisotopic (exact) mass is 394 g/mol. The molecule has 0 bridgehead atoms. The summed E-state index contributed by atoms with van der Waals surface area (Å²) in [5.41, 5.74) is 1.24. The van der Waals surface area contributed by atoms with E-state index >= 15 is 0 Å². The normalized spacial score (nSPS) is 19.7. The second-order valence-corrected chi connectivity index (χ2v) is 6.54. The fourth-order valence-electron chi connectivity index (χ4n) is 2.51. The van der Waals surface area contributed by atoms with E-state index in [0.29, 0.717) is 33.3 Å². The number of cyclic esters (lactones) is 2. The number of carbonyl (C=O) groups is 2. The lowest BCUT2D eigenvalue weighted by atomic mass is 10.1. The summed E-state index contributed by atoms with van der Waals surface area (Å²) in [6, 6.07) is 12.0. The summed E-state index contributed by atoms with van der Waals surface area (Å²) in [7, 11) is 0. The van der Waals surface area contributed by atoms with E-state index in [1.54, 1.807) is 49.4 Å². The van der Waals surface area contributed by atoms with E-state index in [4.69, 9.17) is 37.4 Å². The number of benzene rings is 2. The van der Waals surface area contributed by atoms with Crippen LogP contribution in [0.3, 0.4) is 0 Å². The van der Waals surface area contributed by atoms with Gasteiger partial charge in [-0.15, -0.1) is 0 Å². The second-order valence-electron chi connectivity index (χ2n) is 5.72. The molecule has 0 radical (unpaired) electrons. The smallest absolute Gasteiger partial charge is 0.323 e. The summed E-state index contributed by atoms with van der Waals surface area (Å²) < 4.78 is 16.1. The fourth-order valence-corrected chi connectivity index (χ4v) is 3.02. The lowest BCUT2D eigenvalue weighted by molar-refractivity contribution is -0.214. The highest BCUT2D eigenvalue weighted by atomic mass is 35.5. The topological polar surface area (TPSA) is 61.8 Å². The minimum Gasteiger partial charge on any atom is -0.489 e. The highest BCUT2D eigenvalue weighted by Gasteiger charge is 2.38. The Morgan fingerprint density at radius 1 is 0.962 bits per heavy atom. The van der Waals surface area contributed by atoms with Crippen LogP contribution in [0.4, 0.5) is 0 Å². The zero-order valence-electron chi connectivity index (χ0n) is 13.9. The molecule has 0 unspecified atom stereocenters. The molecule has 1 aliphatic heterocycles. The fraction of sp³-hybridized carbons (Fsp3) is 0.263. The summed E-state index contributed by atoms with van der Waals surface area (Å²) in [6.07, 6.45) is -0.688. The van der Waals surface area contributed by atoms with Crippen LogP contribution in [-0.4, -0.2) is 11.9 Å². The van der Waals surface area contributed by atoms with Crippen LogP contribution in [0, 0.1) is 5.92 Å². The van der Waals surface area contributed by atoms with E-state index < -0.39 is 24.1 Å². The number of hydrogen-bond donors (Lipinski definition) is 0. The van der Waals surface area contributed by atoms with Crippen LogP contribution in [0.2, 0.25) is 10.0 Å². The molecule has 0 atom stereocenters.